The van der Waals surface area contributed by atoms with Crippen molar-refractivity contribution in [2.24, 2.45) is 4.99 Å². The van der Waals surface area contributed by atoms with Crippen LogP contribution in [0.5, 0.6) is 0 Å². The predicted octanol–water partition coefficient (Wildman–Crippen LogP) is 3.74. The van der Waals surface area contributed by atoms with Crippen molar-refractivity contribution < 1.29 is 0 Å². The molecule has 0 aromatic carbocycles. The van der Waals surface area contributed by atoms with E-state index in [9.17, 15) is 0 Å². The Hall–Kier alpha value is 0.0200. The minimum Gasteiger partial charge on any atom is -0.280 e. The van der Waals surface area contributed by atoms with Crippen LogP contribution in [0.3, 0.4) is 0 Å². The number of thioether (sulfide) groups is 1. The lowest BCUT2D eigenvalue weighted by Crippen LogP contribution is -1.97. The molecule has 1 aliphatic rings. The molecule has 0 spiro atoms. The second-order valence-electron chi connectivity index (χ2n) is 2.72. The highest BCUT2D eigenvalue weighted by atomic mass is 32.2. The van der Waals surface area contributed by atoms with Crippen LogP contribution in [-0.2, 0) is 0 Å². The molecule has 0 fully saturated rings. The highest BCUT2D eigenvalue weighted by Gasteiger charge is 2.07. The molecule has 1 aliphatic heterocycles. The number of aliphatic imine (C=N–C) groups is 1. The summed E-state index contributed by atoms with van der Waals surface area (Å²) < 4.78 is 0. The monoisotopic (exact) mass is 187 g/mol. The smallest absolute Gasteiger partial charge is 0.0676 e. The minimum absolute atomic E-state index is 0.574. The van der Waals surface area contributed by atoms with E-state index >= 15 is 0 Å². The van der Waals surface area contributed by atoms with Gasteiger partial charge >= 0.3 is 0 Å². The molecule has 1 rings (SSSR count). The van der Waals surface area contributed by atoms with Crippen LogP contribution < -0.4 is 0 Å². The Morgan fingerprint density at radius 2 is 2.17 bits per heavy atom. The SMILES string of the molecule is CC.CCC1=NC(C)CCCS1. The molecule has 1 heterocycles. The van der Waals surface area contributed by atoms with Gasteiger partial charge in [0.2, 0.25) is 0 Å². The van der Waals surface area contributed by atoms with Crippen LogP contribution in [0.1, 0.15) is 47.0 Å². The second kappa shape index (κ2) is 7.66. The molecule has 0 N–H and O–H groups in total. The van der Waals surface area contributed by atoms with Crippen LogP contribution in [0.4, 0.5) is 0 Å². The van der Waals surface area contributed by atoms with Gasteiger partial charge in [0.15, 0.2) is 0 Å². The molecule has 1 unspecified atom stereocenters. The Labute approximate surface area is 81.0 Å². The molecule has 0 bridgehead atoms. The summed E-state index contributed by atoms with van der Waals surface area (Å²) in [5, 5.41) is 1.35. The van der Waals surface area contributed by atoms with Gasteiger partial charge in [-0.2, -0.15) is 0 Å². The summed E-state index contributed by atoms with van der Waals surface area (Å²) in [5.41, 5.74) is 0. The Morgan fingerprint density at radius 3 is 2.75 bits per heavy atom. The lowest BCUT2D eigenvalue weighted by atomic mass is 10.2. The van der Waals surface area contributed by atoms with Gasteiger partial charge in [0.25, 0.3) is 0 Å². The summed E-state index contributed by atoms with van der Waals surface area (Å²) in [5.74, 6) is 1.27. The third kappa shape index (κ3) is 4.81. The topological polar surface area (TPSA) is 12.4 Å². The largest absolute Gasteiger partial charge is 0.280 e. The van der Waals surface area contributed by atoms with Crippen molar-refractivity contribution in [1.29, 1.82) is 0 Å². The Morgan fingerprint density at radius 1 is 1.50 bits per heavy atom. The molecule has 0 aromatic heterocycles. The molecular weight excluding hydrogens is 166 g/mol. The van der Waals surface area contributed by atoms with E-state index < -0.39 is 0 Å². The molecule has 2 heteroatoms. The second-order valence-corrected chi connectivity index (χ2v) is 3.88. The maximum absolute atomic E-state index is 4.57. The van der Waals surface area contributed by atoms with E-state index in [1.807, 2.05) is 25.6 Å². The van der Waals surface area contributed by atoms with E-state index in [2.05, 4.69) is 18.8 Å². The first-order valence-corrected chi connectivity index (χ1v) is 6.01. The van der Waals surface area contributed by atoms with E-state index in [4.69, 9.17) is 0 Å². The van der Waals surface area contributed by atoms with Crippen molar-refractivity contribution in [3.63, 3.8) is 0 Å². The zero-order valence-corrected chi connectivity index (χ0v) is 9.58. The Bertz CT molecular complexity index is 132. The molecular formula is C10H21NS. The van der Waals surface area contributed by atoms with Gasteiger partial charge in [-0.05, 0) is 31.9 Å². The standard InChI is InChI=1S/C8H15NS.C2H6/c1-3-8-9-7(2)5-4-6-10-8;1-2/h7H,3-6H2,1-2H3;1-2H3. The first-order chi connectivity index (χ1) is 5.83. The molecule has 0 saturated heterocycles. The molecule has 0 saturated carbocycles. The van der Waals surface area contributed by atoms with Gasteiger partial charge < -0.3 is 0 Å². The molecule has 0 aromatic rings. The predicted molar refractivity (Wildman–Crippen MR) is 60.2 cm³/mol. The summed E-state index contributed by atoms with van der Waals surface area (Å²) in [4.78, 5) is 4.57. The van der Waals surface area contributed by atoms with Crippen molar-refractivity contribution in [3.8, 4) is 0 Å². The van der Waals surface area contributed by atoms with Gasteiger partial charge in [0.1, 0.15) is 0 Å². The highest BCUT2D eigenvalue weighted by molar-refractivity contribution is 8.13. The van der Waals surface area contributed by atoms with Crippen LogP contribution in [0.2, 0.25) is 0 Å². The van der Waals surface area contributed by atoms with Crippen LogP contribution in [0.15, 0.2) is 4.99 Å². The molecule has 1 nitrogen and oxygen atoms in total. The van der Waals surface area contributed by atoms with Crippen molar-refractivity contribution in [2.45, 2.75) is 53.0 Å². The van der Waals surface area contributed by atoms with Gasteiger partial charge in [0.05, 0.1) is 5.04 Å². The quantitative estimate of drug-likeness (QED) is 0.609. The van der Waals surface area contributed by atoms with Crippen LogP contribution in [-0.4, -0.2) is 16.8 Å². The number of hydrogen-bond acceptors (Lipinski definition) is 2. The van der Waals surface area contributed by atoms with Gasteiger partial charge in [-0.1, -0.05) is 20.8 Å². The van der Waals surface area contributed by atoms with E-state index in [0.717, 1.165) is 6.42 Å². The molecule has 0 radical (unpaired) electrons. The summed E-state index contributed by atoms with van der Waals surface area (Å²) in [6, 6.07) is 0.574. The fourth-order valence-electron chi connectivity index (χ4n) is 1.11. The maximum atomic E-state index is 4.57. The summed E-state index contributed by atoms with van der Waals surface area (Å²) in [7, 11) is 0. The van der Waals surface area contributed by atoms with Crippen LogP contribution in [0.25, 0.3) is 0 Å². The zero-order chi connectivity index (χ0) is 9.40. The van der Waals surface area contributed by atoms with E-state index in [-0.39, 0.29) is 0 Å². The first-order valence-electron chi connectivity index (χ1n) is 5.02. The van der Waals surface area contributed by atoms with E-state index in [0.29, 0.717) is 6.04 Å². The molecule has 0 aliphatic carbocycles. The average Bonchev–Trinajstić information content (AvgIpc) is 2.33. The maximum Gasteiger partial charge on any atom is 0.0676 e. The van der Waals surface area contributed by atoms with Crippen LogP contribution in [0, 0.1) is 0 Å². The average molecular weight is 187 g/mol. The molecule has 12 heavy (non-hydrogen) atoms. The van der Waals surface area contributed by atoms with Crippen molar-refractivity contribution >= 4 is 16.8 Å². The molecule has 1 atom stereocenters. The third-order valence-electron chi connectivity index (χ3n) is 1.70. The summed E-state index contributed by atoms with van der Waals surface area (Å²) >= 11 is 1.94. The van der Waals surface area contributed by atoms with E-state index in [1.165, 1.54) is 23.6 Å². The molecule has 72 valence electrons. The zero-order valence-electron chi connectivity index (χ0n) is 8.76. The Kier molecular flexibility index (Phi) is 7.67. The fourth-order valence-corrected chi connectivity index (χ4v) is 2.11. The molecule has 0 amide bonds. The lowest BCUT2D eigenvalue weighted by molar-refractivity contribution is 0.663. The lowest BCUT2D eigenvalue weighted by Gasteiger charge is -2.01. The van der Waals surface area contributed by atoms with Crippen molar-refractivity contribution in [1.82, 2.24) is 0 Å². The number of nitrogens with zero attached hydrogens (tertiary/aromatic N) is 1. The van der Waals surface area contributed by atoms with Crippen molar-refractivity contribution in [2.75, 3.05) is 5.75 Å². The third-order valence-corrected chi connectivity index (χ3v) is 2.92. The minimum atomic E-state index is 0.574. The van der Waals surface area contributed by atoms with Crippen LogP contribution >= 0.6 is 11.8 Å². The number of rotatable bonds is 1. The fraction of sp³-hybridized carbons (Fsp3) is 0.900. The van der Waals surface area contributed by atoms with Gasteiger partial charge in [-0.3, -0.25) is 4.99 Å². The summed E-state index contributed by atoms with van der Waals surface area (Å²) in [6.45, 7) is 8.39. The van der Waals surface area contributed by atoms with Crippen molar-refractivity contribution in [3.05, 3.63) is 0 Å². The summed E-state index contributed by atoms with van der Waals surface area (Å²) in [6.07, 6.45) is 3.73. The van der Waals surface area contributed by atoms with Gasteiger partial charge in [-0.25, -0.2) is 0 Å². The van der Waals surface area contributed by atoms with Gasteiger partial charge in [0, 0.05) is 6.04 Å². The van der Waals surface area contributed by atoms with E-state index in [1.54, 1.807) is 0 Å². The Balaban J connectivity index is 0.000000561. The first kappa shape index (κ1) is 12.0. The van der Waals surface area contributed by atoms with Gasteiger partial charge in [-0.15, -0.1) is 11.8 Å². The highest BCUT2D eigenvalue weighted by Crippen LogP contribution is 2.18. The number of hydrogen-bond donors (Lipinski definition) is 0. The normalized spacial score (nSPS) is 23.3.